The largest absolute Gasteiger partial charge is 0.377 e. The van der Waals surface area contributed by atoms with Crippen LogP contribution in [0.5, 0.6) is 0 Å². The fourth-order valence-electron chi connectivity index (χ4n) is 2.15. The molecule has 1 saturated heterocycles. The van der Waals surface area contributed by atoms with E-state index in [9.17, 15) is 9.59 Å². The predicted molar refractivity (Wildman–Crippen MR) is 73.6 cm³/mol. The number of rotatable bonds is 6. The number of ether oxygens (including phenoxy) is 1. The van der Waals surface area contributed by atoms with Crippen molar-refractivity contribution in [3.05, 3.63) is 0 Å². The molecule has 5 heteroatoms. The molecule has 2 atom stereocenters. The molecule has 5 nitrogen and oxygen atoms in total. The normalized spacial score (nSPS) is 22.8. The zero-order valence-corrected chi connectivity index (χ0v) is 12.4. The highest BCUT2D eigenvalue weighted by Gasteiger charge is 2.32. The molecule has 1 heterocycles. The van der Waals surface area contributed by atoms with Crippen LogP contribution in [0, 0.1) is 11.8 Å². The lowest BCUT2D eigenvalue weighted by atomic mass is 10.0. The average Bonchev–Trinajstić information content (AvgIpc) is 2.78. The van der Waals surface area contributed by atoms with Gasteiger partial charge in [-0.1, -0.05) is 27.7 Å². The SMILES string of the molecule is CCC(CC)C(=O)N[C@H]1COC[C@H]1NC(=O)C(C)C. The monoisotopic (exact) mass is 270 g/mol. The molecule has 1 aliphatic rings. The third kappa shape index (κ3) is 4.49. The summed E-state index contributed by atoms with van der Waals surface area (Å²) in [5.74, 6) is 0.0413. The molecule has 0 aromatic rings. The second-order valence-electron chi connectivity index (χ2n) is 5.44. The molecule has 0 saturated carbocycles. The van der Waals surface area contributed by atoms with Gasteiger partial charge >= 0.3 is 0 Å². The molecule has 2 N–H and O–H groups in total. The van der Waals surface area contributed by atoms with Gasteiger partial charge in [0.15, 0.2) is 0 Å². The first-order chi connectivity index (χ1) is 8.99. The fourth-order valence-corrected chi connectivity index (χ4v) is 2.15. The maximum atomic E-state index is 12.0. The first-order valence-corrected chi connectivity index (χ1v) is 7.18. The summed E-state index contributed by atoms with van der Waals surface area (Å²) in [5.41, 5.74) is 0. The average molecular weight is 270 g/mol. The van der Waals surface area contributed by atoms with Gasteiger partial charge in [-0.3, -0.25) is 9.59 Å². The molecule has 0 aromatic carbocycles. The number of carbonyl (C=O) groups is 2. The van der Waals surface area contributed by atoms with Gasteiger partial charge in [0.1, 0.15) is 0 Å². The molecule has 19 heavy (non-hydrogen) atoms. The molecule has 0 aromatic heterocycles. The van der Waals surface area contributed by atoms with E-state index in [2.05, 4.69) is 10.6 Å². The van der Waals surface area contributed by atoms with Crippen molar-refractivity contribution in [3.63, 3.8) is 0 Å². The Bertz CT molecular complexity index is 314. The Labute approximate surface area is 115 Å². The van der Waals surface area contributed by atoms with Gasteiger partial charge in [0.05, 0.1) is 25.3 Å². The van der Waals surface area contributed by atoms with E-state index < -0.39 is 0 Å². The van der Waals surface area contributed by atoms with E-state index >= 15 is 0 Å². The minimum Gasteiger partial charge on any atom is -0.377 e. The van der Waals surface area contributed by atoms with Crippen molar-refractivity contribution < 1.29 is 14.3 Å². The van der Waals surface area contributed by atoms with Gasteiger partial charge in [0.25, 0.3) is 0 Å². The van der Waals surface area contributed by atoms with Crippen molar-refractivity contribution >= 4 is 11.8 Å². The molecule has 0 bridgehead atoms. The Kier molecular flexibility index (Phi) is 6.28. The van der Waals surface area contributed by atoms with Crippen LogP contribution in [-0.4, -0.2) is 37.1 Å². The zero-order chi connectivity index (χ0) is 14.4. The maximum absolute atomic E-state index is 12.0. The molecule has 0 radical (unpaired) electrons. The molecule has 0 aliphatic carbocycles. The van der Waals surface area contributed by atoms with Crippen LogP contribution < -0.4 is 10.6 Å². The molecule has 1 fully saturated rings. The Balaban J connectivity index is 2.52. The number of nitrogens with one attached hydrogen (secondary N) is 2. The fraction of sp³-hybridized carbons (Fsp3) is 0.857. The maximum Gasteiger partial charge on any atom is 0.223 e. The Morgan fingerprint density at radius 3 is 1.95 bits per heavy atom. The second-order valence-corrected chi connectivity index (χ2v) is 5.44. The quantitative estimate of drug-likeness (QED) is 0.759. The molecule has 1 aliphatic heterocycles. The van der Waals surface area contributed by atoms with Gasteiger partial charge < -0.3 is 15.4 Å². The van der Waals surface area contributed by atoms with Crippen molar-refractivity contribution in [2.24, 2.45) is 11.8 Å². The first kappa shape index (κ1) is 16.0. The molecule has 1 rings (SSSR count). The van der Waals surface area contributed by atoms with E-state index in [-0.39, 0.29) is 35.7 Å². The lowest BCUT2D eigenvalue weighted by Crippen LogP contribution is -2.52. The van der Waals surface area contributed by atoms with E-state index in [1.165, 1.54) is 0 Å². The van der Waals surface area contributed by atoms with Crippen LogP contribution in [0.2, 0.25) is 0 Å². The predicted octanol–water partition coefficient (Wildman–Crippen LogP) is 1.08. The third-order valence-corrected chi connectivity index (χ3v) is 3.62. The lowest BCUT2D eigenvalue weighted by Gasteiger charge is -2.23. The van der Waals surface area contributed by atoms with Crippen LogP contribution in [0.25, 0.3) is 0 Å². The highest BCUT2D eigenvalue weighted by Crippen LogP contribution is 2.11. The van der Waals surface area contributed by atoms with E-state index in [4.69, 9.17) is 4.74 Å². The summed E-state index contributed by atoms with van der Waals surface area (Å²) < 4.78 is 5.37. The summed E-state index contributed by atoms with van der Waals surface area (Å²) in [7, 11) is 0. The summed E-state index contributed by atoms with van der Waals surface area (Å²) in [5, 5.41) is 5.93. The number of hydrogen-bond donors (Lipinski definition) is 2. The molecule has 0 spiro atoms. The molecular formula is C14H26N2O3. The second kappa shape index (κ2) is 7.48. The molecular weight excluding hydrogens is 244 g/mol. The van der Waals surface area contributed by atoms with E-state index in [1.807, 2.05) is 27.7 Å². The Hall–Kier alpha value is -1.10. The number of carbonyl (C=O) groups excluding carboxylic acids is 2. The minimum absolute atomic E-state index is 0.00252. The van der Waals surface area contributed by atoms with Gasteiger partial charge in [-0.25, -0.2) is 0 Å². The summed E-state index contributed by atoms with van der Waals surface area (Å²) in [6.45, 7) is 8.65. The van der Waals surface area contributed by atoms with Crippen LogP contribution in [0.4, 0.5) is 0 Å². The van der Waals surface area contributed by atoms with E-state index in [0.29, 0.717) is 13.2 Å². The van der Waals surface area contributed by atoms with E-state index in [0.717, 1.165) is 12.8 Å². The van der Waals surface area contributed by atoms with Gasteiger partial charge in [0, 0.05) is 11.8 Å². The summed E-state index contributed by atoms with van der Waals surface area (Å²) in [6, 6.07) is -0.232. The molecule has 2 amide bonds. The minimum atomic E-state index is -0.117. The first-order valence-electron chi connectivity index (χ1n) is 7.18. The van der Waals surface area contributed by atoms with Crippen molar-refractivity contribution in [1.29, 1.82) is 0 Å². The summed E-state index contributed by atoms with van der Waals surface area (Å²) in [6.07, 6.45) is 1.66. The summed E-state index contributed by atoms with van der Waals surface area (Å²) >= 11 is 0. The highest BCUT2D eigenvalue weighted by molar-refractivity contribution is 5.80. The van der Waals surface area contributed by atoms with Crippen molar-refractivity contribution in [2.45, 2.75) is 52.6 Å². The Morgan fingerprint density at radius 1 is 1.05 bits per heavy atom. The van der Waals surface area contributed by atoms with Crippen LogP contribution in [-0.2, 0) is 14.3 Å². The summed E-state index contributed by atoms with van der Waals surface area (Å²) in [4.78, 5) is 23.7. The highest BCUT2D eigenvalue weighted by atomic mass is 16.5. The third-order valence-electron chi connectivity index (χ3n) is 3.62. The Morgan fingerprint density at radius 2 is 1.53 bits per heavy atom. The zero-order valence-electron chi connectivity index (χ0n) is 12.4. The smallest absolute Gasteiger partial charge is 0.223 e. The number of amides is 2. The van der Waals surface area contributed by atoms with Crippen LogP contribution >= 0.6 is 0 Å². The van der Waals surface area contributed by atoms with Crippen molar-refractivity contribution in [3.8, 4) is 0 Å². The standard InChI is InChI=1S/C14H26N2O3/c1-5-10(6-2)14(18)16-12-8-19-7-11(12)15-13(17)9(3)4/h9-12H,5-8H2,1-4H3,(H,15,17)(H,16,18)/t11-,12+/m1/s1. The molecule has 0 unspecified atom stereocenters. The van der Waals surface area contributed by atoms with Crippen LogP contribution in [0.1, 0.15) is 40.5 Å². The van der Waals surface area contributed by atoms with Gasteiger partial charge in [-0.15, -0.1) is 0 Å². The van der Waals surface area contributed by atoms with Gasteiger partial charge in [-0.2, -0.15) is 0 Å². The van der Waals surface area contributed by atoms with Gasteiger partial charge in [0.2, 0.25) is 11.8 Å². The van der Waals surface area contributed by atoms with Crippen molar-refractivity contribution in [1.82, 2.24) is 10.6 Å². The molecule has 110 valence electrons. The topological polar surface area (TPSA) is 67.4 Å². The number of hydrogen-bond acceptors (Lipinski definition) is 3. The lowest BCUT2D eigenvalue weighted by molar-refractivity contribution is -0.127. The van der Waals surface area contributed by atoms with Crippen LogP contribution in [0.3, 0.4) is 0 Å². The van der Waals surface area contributed by atoms with Gasteiger partial charge in [-0.05, 0) is 12.8 Å². The van der Waals surface area contributed by atoms with E-state index in [1.54, 1.807) is 0 Å². The van der Waals surface area contributed by atoms with Crippen LogP contribution in [0.15, 0.2) is 0 Å². The van der Waals surface area contributed by atoms with Crippen molar-refractivity contribution in [2.75, 3.05) is 13.2 Å².